The minimum Gasteiger partial charge on any atom is -0.493 e. The van der Waals surface area contributed by atoms with Crippen molar-refractivity contribution in [1.82, 2.24) is 4.98 Å². The SMILES string of the molecule is Oc1[nH]c2cc(F)ccc2c1N=Nc1ccc(F)cc1. The minimum atomic E-state index is -0.416. The van der Waals surface area contributed by atoms with Crippen LogP contribution in [0.1, 0.15) is 0 Å². The quantitative estimate of drug-likeness (QED) is 0.660. The fourth-order valence-corrected chi connectivity index (χ4v) is 1.86. The van der Waals surface area contributed by atoms with Crippen LogP contribution in [0.4, 0.5) is 20.2 Å². The number of nitrogens with zero attached hydrogens (tertiary/aromatic N) is 2. The molecule has 2 aromatic carbocycles. The van der Waals surface area contributed by atoms with Gasteiger partial charge in [-0.25, -0.2) is 8.78 Å². The average molecular weight is 273 g/mol. The summed E-state index contributed by atoms with van der Waals surface area (Å²) in [5, 5.41) is 18.1. The van der Waals surface area contributed by atoms with Gasteiger partial charge in [-0.15, -0.1) is 5.11 Å². The second-order valence-corrected chi connectivity index (χ2v) is 4.19. The molecule has 0 atom stereocenters. The van der Waals surface area contributed by atoms with Crippen LogP contribution in [-0.4, -0.2) is 10.1 Å². The van der Waals surface area contributed by atoms with Gasteiger partial charge < -0.3 is 10.1 Å². The number of hydrogen-bond acceptors (Lipinski definition) is 3. The predicted molar refractivity (Wildman–Crippen MR) is 70.5 cm³/mol. The number of hydrogen-bond donors (Lipinski definition) is 2. The highest BCUT2D eigenvalue weighted by Crippen LogP contribution is 2.36. The van der Waals surface area contributed by atoms with Gasteiger partial charge in [0.15, 0.2) is 5.69 Å². The molecule has 0 unspecified atom stereocenters. The Kier molecular flexibility index (Phi) is 2.90. The Hall–Kier alpha value is -2.76. The second kappa shape index (κ2) is 4.73. The summed E-state index contributed by atoms with van der Waals surface area (Å²) in [7, 11) is 0. The van der Waals surface area contributed by atoms with Crippen molar-refractivity contribution < 1.29 is 13.9 Å². The van der Waals surface area contributed by atoms with Crippen molar-refractivity contribution in [1.29, 1.82) is 0 Å². The molecule has 0 saturated carbocycles. The second-order valence-electron chi connectivity index (χ2n) is 4.19. The summed E-state index contributed by atoms with van der Waals surface area (Å²) in [6.07, 6.45) is 0. The normalized spacial score (nSPS) is 11.5. The van der Waals surface area contributed by atoms with Crippen LogP contribution >= 0.6 is 0 Å². The Bertz CT molecular complexity index is 794. The first-order chi connectivity index (χ1) is 9.63. The summed E-state index contributed by atoms with van der Waals surface area (Å²) in [5.41, 5.74) is 1.09. The van der Waals surface area contributed by atoms with Gasteiger partial charge in [0.05, 0.1) is 11.2 Å². The number of benzene rings is 2. The molecule has 0 radical (unpaired) electrons. The van der Waals surface area contributed by atoms with Crippen LogP contribution in [0.25, 0.3) is 10.9 Å². The molecule has 1 heterocycles. The fraction of sp³-hybridized carbons (Fsp3) is 0. The van der Waals surface area contributed by atoms with Gasteiger partial charge in [0.25, 0.3) is 0 Å². The van der Waals surface area contributed by atoms with Gasteiger partial charge in [-0.1, -0.05) is 0 Å². The maximum absolute atomic E-state index is 13.1. The molecule has 0 amide bonds. The van der Waals surface area contributed by atoms with Crippen molar-refractivity contribution in [2.24, 2.45) is 10.2 Å². The molecule has 0 aliphatic carbocycles. The summed E-state index contributed by atoms with van der Waals surface area (Å²) >= 11 is 0. The zero-order chi connectivity index (χ0) is 14.1. The average Bonchev–Trinajstić information content (AvgIpc) is 2.73. The topological polar surface area (TPSA) is 60.7 Å². The van der Waals surface area contributed by atoms with Gasteiger partial charge in [-0.2, -0.15) is 5.11 Å². The number of fused-ring (bicyclic) bond motifs is 1. The van der Waals surface area contributed by atoms with Crippen LogP contribution in [0.15, 0.2) is 52.7 Å². The highest BCUT2D eigenvalue weighted by atomic mass is 19.1. The van der Waals surface area contributed by atoms with E-state index in [0.29, 0.717) is 16.6 Å². The largest absolute Gasteiger partial charge is 0.493 e. The Morgan fingerprint density at radius 2 is 1.60 bits per heavy atom. The van der Waals surface area contributed by atoms with Gasteiger partial charge in [-0.05, 0) is 42.5 Å². The van der Waals surface area contributed by atoms with Crippen molar-refractivity contribution in [2.75, 3.05) is 0 Å². The Balaban J connectivity index is 2.02. The standard InChI is InChI=1S/C14H9F2N3O/c15-8-1-4-10(5-2-8)18-19-13-11-6-3-9(16)7-12(11)17-14(13)20/h1-7,17,20H. The van der Waals surface area contributed by atoms with Gasteiger partial charge in [0.1, 0.15) is 11.6 Å². The first-order valence-electron chi connectivity index (χ1n) is 5.81. The lowest BCUT2D eigenvalue weighted by Gasteiger charge is -1.93. The third-order valence-corrected chi connectivity index (χ3v) is 2.81. The van der Waals surface area contributed by atoms with E-state index in [-0.39, 0.29) is 17.4 Å². The fourth-order valence-electron chi connectivity index (χ4n) is 1.86. The number of aromatic nitrogens is 1. The third-order valence-electron chi connectivity index (χ3n) is 2.81. The van der Waals surface area contributed by atoms with Crippen LogP contribution in [0.2, 0.25) is 0 Å². The van der Waals surface area contributed by atoms with Crippen molar-refractivity contribution in [3.8, 4) is 5.88 Å². The molecule has 20 heavy (non-hydrogen) atoms. The number of H-pyrrole nitrogens is 1. The Labute approximate surface area is 112 Å². The van der Waals surface area contributed by atoms with E-state index in [1.54, 1.807) is 0 Å². The highest BCUT2D eigenvalue weighted by Gasteiger charge is 2.10. The van der Waals surface area contributed by atoms with Gasteiger partial charge in [0.2, 0.25) is 5.88 Å². The monoisotopic (exact) mass is 273 g/mol. The van der Waals surface area contributed by atoms with E-state index in [0.717, 1.165) is 0 Å². The Morgan fingerprint density at radius 1 is 0.900 bits per heavy atom. The molecule has 100 valence electrons. The van der Waals surface area contributed by atoms with Crippen LogP contribution in [0.5, 0.6) is 5.88 Å². The zero-order valence-corrected chi connectivity index (χ0v) is 10.1. The maximum atomic E-state index is 13.1. The molecular weight excluding hydrogens is 264 g/mol. The zero-order valence-electron chi connectivity index (χ0n) is 10.1. The molecule has 3 aromatic rings. The number of azo groups is 1. The molecule has 0 saturated heterocycles. The van der Waals surface area contributed by atoms with E-state index >= 15 is 0 Å². The highest BCUT2D eigenvalue weighted by molar-refractivity contribution is 5.94. The lowest BCUT2D eigenvalue weighted by molar-refractivity contribution is 0.459. The molecule has 0 spiro atoms. The van der Waals surface area contributed by atoms with Gasteiger partial charge in [0, 0.05) is 5.39 Å². The van der Waals surface area contributed by atoms with Crippen LogP contribution in [0, 0.1) is 11.6 Å². The first kappa shape index (κ1) is 12.3. The van der Waals surface area contributed by atoms with Crippen molar-refractivity contribution in [3.63, 3.8) is 0 Å². The molecule has 4 nitrogen and oxygen atoms in total. The minimum absolute atomic E-state index is 0.198. The molecular formula is C14H9F2N3O. The summed E-state index contributed by atoms with van der Waals surface area (Å²) in [5.74, 6) is -0.980. The number of rotatable bonds is 2. The molecule has 3 rings (SSSR count). The van der Waals surface area contributed by atoms with Crippen LogP contribution < -0.4 is 0 Å². The lowest BCUT2D eigenvalue weighted by Crippen LogP contribution is -1.72. The lowest BCUT2D eigenvalue weighted by atomic mass is 10.2. The van der Waals surface area contributed by atoms with Crippen molar-refractivity contribution in [2.45, 2.75) is 0 Å². The van der Waals surface area contributed by atoms with Crippen LogP contribution in [0.3, 0.4) is 0 Å². The molecule has 0 aliphatic rings. The summed E-state index contributed by atoms with van der Waals surface area (Å²) < 4.78 is 25.8. The van der Waals surface area contributed by atoms with Gasteiger partial charge >= 0.3 is 0 Å². The van der Waals surface area contributed by atoms with E-state index in [9.17, 15) is 13.9 Å². The number of halogens is 2. The van der Waals surface area contributed by atoms with E-state index < -0.39 is 5.82 Å². The predicted octanol–water partition coefficient (Wildman–Crippen LogP) is 4.57. The summed E-state index contributed by atoms with van der Waals surface area (Å²) in [4.78, 5) is 2.62. The smallest absolute Gasteiger partial charge is 0.218 e. The molecule has 0 bridgehead atoms. The van der Waals surface area contributed by atoms with E-state index in [1.807, 2.05) is 0 Å². The van der Waals surface area contributed by atoms with Gasteiger partial charge in [-0.3, -0.25) is 0 Å². The Morgan fingerprint density at radius 3 is 2.35 bits per heavy atom. The van der Waals surface area contributed by atoms with Crippen LogP contribution in [-0.2, 0) is 0 Å². The molecule has 0 fully saturated rings. The van der Waals surface area contributed by atoms with E-state index in [2.05, 4.69) is 15.2 Å². The molecule has 2 N–H and O–H groups in total. The number of aromatic amines is 1. The number of aromatic hydroxyl groups is 1. The molecule has 6 heteroatoms. The summed E-state index contributed by atoms with van der Waals surface area (Å²) in [6, 6.07) is 9.48. The van der Waals surface area contributed by atoms with E-state index in [1.165, 1.54) is 42.5 Å². The molecule has 0 aliphatic heterocycles. The van der Waals surface area contributed by atoms with Crippen molar-refractivity contribution >= 4 is 22.3 Å². The molecule has 1 aromatic heterocycles. The van der Waals surface area contributed by atoms with E-state index in [4.69, 9.17) is 0 Å². The number of nitrogens with one attached hydrogen (secondary N) is 1. The summed E-state index contributed by atoms with van der Waals surface area (Å²) in [6.45, 7) is 0. The first-order valence-corrected chi connectivity index (χ1v) is 5.81. The van der Waals surface area contributed by atoms with Crippen molar-refractivity contribution in [3.05, 3.63) is 54.1 Å². The maximum Gasteiger partial charge on any atom is 0.218 e. The third kappa shape index (κ3) is 2.23.